The van der Waals surface area contributed by atoms with Gasteiger partial charge in [0.05, 0.1) is 12.5 Å². The highest BCUT2D eigenvalue weighted by Gasteiger charge is 2.26. The number of esters is 1. The van der Waals surface area contributed by atoms with Gasteiger partial charge in [-0.25, -0.2) is 0 Å². The molecular weight excluding hydrogens is 360 g/mol. The van der Waals surface area contributed by atoms with Gasteiger partial charge in [0.2, 0.25) is 0 Å². The molecule has 0 unspecified atom stereocenters. The normalized spacial score (nSPS) is 16.4. The molecule has 1 aliphatic carbocycles. The Kier molecular flexibility index (Phi) is 6.36. The summed E-state index contributed by atoms with van der Waals surface area (Å²) < 4.78 is 11.1. The number of carbonyl (C=O) groups is 1. The van der Waals surface area contributed by atoms with E-state index in [0.717, 1.165) is 31.4 Å². The Morgan fingerprint density at radius 1 is 1.07 bits per heavy atom. The third kappa shape index (κ3) is 5.20. The van der Waals surface area contributed by atoms with Crippen LogP contribution in [0.25, 0.3) is 0 Å². The molecular formula is C26H34O3. The zero-order valence-corrected chi connectivity index (χ0v) is 18.7. The molecule has 0 saturated heterocycles. The molecule has 2 aromatic carbocycles. The molecule has 3 nitrogen and oxygen atoms in total. The minimum absolute atomic E-state index is 0.192. The summed E-state index contributed by atoms with van der Waals surface area (Å²) in [7, 11) is 1.73. The van der Waals surface area contributed by atoms with E-state index in [-0.39, 0.29) is 5.97 Å². The molecule has 1 atom stereocenters. The van der Waals surface area contributed by atoms with E-state index in [4.69, 9.17) is 9.47 Å². The van der Waals surface area contributed by atoms with Gasteiger partial charge in [0.25, 0.3) is 0 Å². The first-order valence-corrected chi connectivity index (χ1v) is 10.7. The van der Waals surface area contributed by atoms with Crippen LogP contribution in [0.1, 0.15) is 69.2 Å². The molecule has 0 heterocycles. The van der Waals surface area contributed by atoms with E-state index in [2.05, 4.69) is 44.2 Å². The van der Waals surface area contributed by atoms with Gasteiger partial charge in [-0.15, -0.1) is 0 Å². The van der Waals surface area contributed by atoms with Crippen LogP contribution < -0.4 is 9.47 Å². The Hall–Kier alpha value is -2.29. The molecule has 0 aliphatic heterocycles. The lowest BCUT2D eigenvalue weighted by molar-refractivity contribution is -0.143. The SMILES string of the molecule is COc1ccc([C@@H]2CCc3cc(OC(=O)C(C)(C)C)ccc3C2)c(CC(C)C)c1. The highest BCUT2D eigenvalue weighted by Crippen LogP contribution is 2.37. The number of hydrogen-bond acceptors (Lipinski definition) is 3. The van der Waals surface area contributed by atoms with Crippen LogP contribution in [0.2, 0.25) is 0 Å². The van der Waals surface area contributed by atoms with Crippen molar-refractivity contribution in [1.29, 1.82) is 0 Å². The second kappa shape index (κ2) is 8.61. The predicted molar refractivity (Wildman–Crippen MR) is 118 cm³/mol. The second-order valence-electron chi connectivity index (χ2n) is 9.67. The van der Waals surface area contributed by atoms with Gasteiger partial charge in [0.1, 0.15) is 11.5 Å². The second-order valence-corrected chi connectivity index (χ2v) is 9.67. The Balaban J connectivity index is 1.80. The molecule has 0 spiro atoms. The van der Waals surface area contributed by atoms with Gasteiger partial charge in [-0.2, -0.15) is 0 Å². The van der Waals surface area contributed by atoms with E-state index in [1.807, 2.05) is 26.8 Å². The van der Waals surface area contributed by atoms with Crippen molar-refractivity contribution in [2.45, 2.75) is 66.2 Å². The van der Waals surface area contributed by atoms with E-state index < -0.39 is 5.41 Å². The van der Waals surface area contributed by atoms with E-state index in [9.17, 15) is 4.79 Å². The van der Waals surface area contributed by atoms with E-state index in [1.54, 1.807) is 7.11 Å². The average Bonchev–Trinajstić information content (AvgIpc) is 2.66. The van der Waals surface area contributed by atoms with Crippen LogP contribution in [0, 0.1) is 11.3 Å². The molecule has 156 valence electrons. The number of hydrogen-bond donors (Lipinski definition) is 0. The molecule has 2 aromatic rings. The Labute approximate surface area is 175 Å². The minimum atomic E-state index is -0.498. The zero-order chi connectivity index (χ0) is 21.2. The Bertz CT molecular complexity index is 874. The number of carbonyl (C=O) groups excluding carboxylic acids is 1. The minimum Gasteiger partial charge on any atom is -0.497 e. The lowest BCUT2D eigenvalue weighted by Gasteiger charge is -2.28. The number of aryl methyl sites for hydroxylation is 1. The van der Waals surface area contributed by atoms with Crippen LogP contribution in [-0.4, -0.2) is 13.1 Å². The molecule has 0 N–H and O–H groups in total. The van der Waals surface area contributed by atoms with Crippen molar-refractivity contribution < 1.29 is 14.3 Å². The maximum atomic E-state index is 12.2. The van der Waals surface area contributed by atoms with Crippen molar-refractivity contribution in [3.05, 3.63) is 58.7 Å². The predicted octanol–water partition coefficient (Wildman–Crippen LogP) is 6.12. The fourth-order valence-corrected chi connectivity index (χ4v) is 4.04. The maximum absolute atomic E-state index is 12.2. The van der Waals surface area contributed by atoms with Gasteiger partial charge in [0, 0.05) is 0 Å². The molecule has 3 heteroatoms. The first kappa shape index (κ1) is 21.4. The molecule has 0 fully saturated rings. The highest BCUT2D eigenvalue weighted by molar-refractivity contribution is 5.77. The highest BCUT2D eigenvalue weighted by atomic mass is 16.5. The van der Waals surface area contributed by atoms with Crippen molar-refractivity contribution in [3.8, 4) is 11.5 Å². The summed E-state index contributed by atoms with van der Waals surface area (Å²) in [6.07, 6.45) is 4.22. The monoisotopic (exact) mass is 394 g/mol. The van der Waals surface area contributed by atoms with Crippen LogP contribution in [0.5, 0.6) is 11.5 Å². The standard InChI is InChI=1S/C26H34O3/c1-17(2)13-21-16-22(28-6)11-12-24(21)20-8-7-19-15-23(10-9-18(19)14-20)29-25(27)26(3,4)5/h9-12,15-17,20H,7-8,13-14H2,1-6H3/t20-/m1/s1. The number of ether oxygens (including phenoxy) is 2. The molecule has 29 heavy (non-hydrogen) atoms. The summed E-state index contributed by atoms with van der Waals surface area (Å²) in [5.41, 5.74) is 5.03. The van der Waals surface area contributed by atoms with Crippen molar-refractivity contribution >= 4 is 5.97 Å². The lowest BCUT2D eigenvalue weighted by atomic mass is 9.78. The van der Waals surface area contributed by atoms with Gasteiger partial charge in [-0.3, -0.25) is 4.79 Å². The molecule has 0 saturated carbocycles. The molecule has 1 aliphatic rings. The van der Waals surface area contributed by atoms with Gasteiger partial charge >= 0.3 is 5.97 Å². The quantitative estimate of drug-likeness (QED) is 0.453. The number of methoxy groups -OCH3 is 1. The van der Waals surface area contributed by atoms with Crippen LogP contribution in [0.4, 0.5) is 0 Å². The van der Waals surface area contributed by atoms with E-state index in [0.29, 0.717) is 17.6 Å². The Morgan fingerprint density at radius 3 is 2.45 bits per heavy atom. The summed E-state index contributed by atoms with van der Waals surface area (Å²) in [5.74, 6) is 2.53. The van der Waals surface area contributed by atoms with Gasteiger partial charge < -0.3 is 9.47 Å². The van der Waals surface area contributed by atoms with Gasteiger partial charge in [0.15, 0.2) is 0 Å². The fourth-order valence-electron chi connectivity index (χ4n) is 4.04. The van der Waals surface area contributed by atoms with Crippen LogP contribution >= 0.6 is 0 Å². The van der Waals surface area contributed by atoms with Crippen LogP contribution in [-0.2, 0) is 24.1 Å². The number of fused-ring (bicyclic) bond motifs is 1. The van der Waals surface area contributed by atoms with Crippen molar-refractivity contribution in [1.82, 2.24) is 0 Å². The molecule has 0 radical (unpaired) electrons. The van der Waals surface area contributed by atoms with Crippen molar-refractivity contribution in [2.24, 2.45) is 11.3 Å². The summed E-state index contributed by atoms with van der Waals surface area (Å²) in [6.45, 7) is 10.2. The Morgan fingerprint density at radius 2 is 1.79 bits per heavy atom. The fraction of sp³-hybridized carbons (Fsp3) is 0.500. The van der Waals surface area contributed by atoms with Crippen molar-refractivity contribution in [3.63, 3.8) is 0 Å². The first-order chi connectivity index (χ1) is 13.7. The molecule has 3 rings (SSSR count). The topological polar surface area (TPSA) is 35.5 Å². The summed E-state index contributed by atoms with van der Waals surface area (Å²) in [4.78, 5) is 12.2. The summed E-state index contributed by atoms with van der Waals surface area (Å²) in [6, 6.07) is 12.7. The summed E-state index contributed by atoms with van der Waals surface area (Å²) >= 11 is 0. The van der Waals surface area contributed by atoms with E-state index >= 15 is 0 Å². The zero-order valence-electron chi connectivity index (χ0n) is 18.7. The first-order valence-electron chi connectivity index (χ1n) is 10.7. The average molecular weight is 395 g/mol. The number of rotatable bonds is 5. The molecule has 0 bridgehead atoms. The summed E-state index contributed by atoms with van der Waals surface area (Å²) in [5, 5.41) is 0. The van der Waals surface area contributed by atoms with Gasteiger partial charge in [-0.1, -0.05) is 26.0 Å². The third-order valence-electron chi connectivity index (χ3n) is 5.65. The maximum Gasteiger partial charge on any atom is 0.316 e. The van der Waals surface area contributed by atoms with Crippen molar-refractivity contribution in [2.75, 3.05) is 7.11 Å². The number of benzene rings is 2. The lowest BCUT2D eigenvalue weighted by Crippen LogP contribution is -2.25. The largest absolute Gasteiger partial charge is 0.497 e. The van der Waals surface area contributed by atoms with Crippen LogP contribution in [0.3, 0.4) is 0 Å². The molecule has 0 amide bonds. The van der Waals surface area contributed by atoms with E-state index in [1.165, 1.54) is 22.3 Å². The third-order valence-corrected chi connectivity index (χ3v) is 5.65. The van der Waals surface area contributed by atoms with Gasteiger partial charge in [-0.05, 0) is 105 Å². The van der Waals surface area contributed by atoms with Crippen LogP contribution in [0.15, 0.2) is 36.4 Å². The molecule has 0 aromatic heterocycles. The smallest absolute Gasteiger partial charge is 0.316 e.